The summed E-state index contributed by atoms with van der Waals surface area (Å²) >= 11 is 0. The molecule has 1 unspecified atom stereocenters. The molecular formula is C10H18N2O4. The number of aliphatic hydroxyl groups is 1. The first kappa shape index (κ1) is 14.4. The number of carbonyl (C=O) groups excluding carboxylic acids is 1. The monoisotopic (exact) mass is 230 g/mol. The van der Waals surface area contributed by atoms with Crippen LogP contribution in [-0.4, -0.2) is 41.4 Å². The quantitative estimate of drug-likeness (QED) is 0.368. The Kier molecular flexibility index (Phi) is 7.87. The highest BCUT2D eigenvalue weighted by Gasteiger charge is 2.12. The smallest absolute Gasteiger partial charge is 0.332 e. The highest BCUT2D eigenvalue weighted by atomic mass is 16.4. The number of carboxylic acid groups (broad SMARTS) is 1. The average Bonchev–Trinajstić information content (AvgIpc) is 2.24. The van der Waals surface area contributed by atoms with Gasteiger partial charge in [-0.3, -0.25) is 0 Å². The summed E-state index contributed by atoms with van der Waals surface area (Å²) in [6.07, 6.45) is 3.14. The summed E-state index contributed by atoms with van der Waals surface area (Å²) in [5, 5.41) is 22.3. The number of amides is 2. The summed E-state index contributed by atoms with van der Waals surface area (Å²) in [6.45, 7) is 2.55. The topological polar surface area (TPSA) is 98.7 Å². The van der Waals surface area contributed by atoms with Gasteiger partial charge in [0.1, 0.15) is 0 Å². The van der Waals surface area contributed by atoms with Crippen molar-refractivity contribution >= 4 is 12.0 Å². The summed E-state index contributed by atoms with van der Waals surface area (Å²) in [7, 11) is 0. The van der Waals surface area contributed by atoms with E-state index in [4.69, 9.17) is 10.2 Å². The fourth-order valence-electron chi connectivity index (χ4n) is 0.944. The van der Waals surface area contributed by atoms with Crippen LogP contribution in [0.4, 0.5) is 4.79 Å². The van der Waals surface area contributed by atoms with Crippen molar-refractivity contribution in [3.05, 3.63) is 12.2 Å². The van der Waals surface area contributed by atoms with Crippen LogP contribution in [0.25, 0.3) is 0 Å². The lowest BCUT2D eigenvalue weighted by atomic mass is 10.2. The molecule has 92 valence electrons. The first-order chi connectivity index (χ1) is 7.57. The Hall–Kier alpha value is -1.56. The van der Waals surface area contributed by atoms with Gasteiger partial charge in [0.25, 0.3) is 0 Å². The number of aliphatic carboxylic acids is 1. The number of nitrogens with one attached hydrogen (secondary N) is 2. The minimum atomic E-state index is -1.43. The van der Waals surface area contributed by atoms with Crippen LogP contribution in [0.2, 0.25) is 0 Å². The van der Waals surface area contributed by atoms with Crippen molar-refractivity contribution in [1.82, 2.24) is 10.6 Å². The maximum atomic E-state index is 11.1. The van der Waals surface area contributed by atoms with Gasteiger partial charge in [-0.1, -0.05) is 12.2 Å². The second kappa shape index (κ2) is 8.72. The second-order valence-electron chi connectivity index (χ2n) is 3.18. The van der Waals surface area contributed by atoms with E-state index < -0.39 is 12.1 Å². The number of urea groups is 1. The van der Waals surface area contributed by atoms with Crippen molar-refractivity contribution in [1.29, 1.82) is 0 Å². The van der Waals surface area contributed by atoms with Crippen molar-refractivity contribution in [2.75, 3.05) is 13.1 Å². The van der Waals surface area contributed by atoms with Crippen LogP contribution in [-0.2, 0) is 4.79 Å². The second-order valence-corrected chi connectivity index (χ2v) is 3.18. The van der Waals surface area contributed by atoms with Gasteiger partial charge in [0, 0.05) is 19.5 Å². The Morgan fingerprint density at radius 1 is 1.31 bits per heavy atom. The lowest BCUT2D eigenvalue weighted by Gasteiger charge is -2.08. The van der Waals surface area contributed by atoms with E-state index in [0.717, 1.165) is 6.42 Å². The number of hydrogen-bond acceptors (Lipinski definition) is 3. The Morgan fingerprint density at radius 3 is 2.50 bits per heavy atom. The summed E-state index contributed by atoms with van der Waals surface area (Å²) in [5.74, 6) is -1.28. The van der Waals surface area contributed by atoms with Crippen LogP contribution in [0.15, 0.2) is 12.2 Å². The number of hydrogen-bond donors (Lipinski definition) is 4. The standard InChI is InChI=1S/C10H18N2O4/c1-2-3-4-6-11-10(16)12-7-5-8(13)9(14)15/h2-3,8,13H,4-7H2,1H3,(H,14,15)(H2,11,12,16)/b3-2+. The molecule has 16 heavy (non-hydrogen) atoms. The molecule has 0 aliphatic heterocycles. The molecular weight excluding hydrogens is 212 g/mol. The molecule has 0 rings (SSSR count). The summed E-state index contributed by atoms with van der Waals surface area (Å²) < 4.78 is 0. The first-order valence-electron chi connectivity index (χ1n) is 5.11. The molecule has 0 spiro atoms. The van der Waals surface area contributed by atoms with E-state index >= 15 is 0 Å². The molecule has 4 N–H and O–H groups in total. The molecule has 0 heterocycles. The summed E-state index contributed by atoms with van der Waals surface area (Å²) in [4.78, 5) is 21.3. The van der Waals surface area contributed by atoms with E-state index in [2.05, 4.69) is 10.6 Å². The minimum absolute atomic E-state index is 0.00236. The minimum Gasteiger partial charge on any atom is -0.479 e. The number of rotatable bonds is 7. The largest absolute Gasteiger partial charge is 0.479 e. The van der Waals surface area contributed by atoms with Gasteiger partial charge < -0.3 is 20.8 Å². The van der Waals surface area contributed by atoms with Crippen molar-refractivity contribution in [2.45, 2.75) is 25.9 Å². The van der Waals surface area contributed by atoms with Crippen LogP contribution in [0.3, 0.4) is 0 Å². The molecule has 0 aromatic rings. The van der Waals surface area contributed by atoms with Gasteiger partial charge >= 0.3 is 12.0 Å². The van der Waals surface area contributed by atoms with Gasteiger partial charge in [-0.2, -0.15) is 0 Å². The van der Waals surface area contributed by atoms with Crippen molar-refractivity contribution in [3.63, 3.8) is 0 Å². The molecule has 0 saturated heterocycles. The third kappa shape index (κ3) is 7.81. The van der Waals surface area contributed by atoms with Crippen LogP contribution in [0, 0.1) is 0 Å². The van der Waals surface area contributed by atoms with Crippen LogP contribution >= 0.6 is 0 Å². The number of carbonyl (C=O) groups is 2. The fourth-order valence-corrected chi connectivity index (χ4v) is 0.944. The molecule has 6 nitrogen and oxygen atoms in total. The Labute approximate surface area is 94.3 Å². The molecule has 0 aliphatic rings. The third-order valence-electron chi connectivity index (χ3n) is 1.82. The normalized spacial score (nSPS) is 12.4. The van der Waals surface area contributed by atoms with Gasteiger partial charge in [0.15, 0.2) is 6.10 Å². The molecule has 0 aromatic carbocycles. The molecule has 1 atom stereocenters. The van der Waals surface area contributed by atoms with Gasteiger partial charge in [0.2, 0.25) is 0 Å². The Morgan fingerprint density at radius 2 is 1.94 bits per heavy atom. The maximum Gasteiger partial charge on any atom is 0.332 e. The van der Waals surface area contributed by atoms with Gasteiger partial charge in [-0.15, -0.1) is 0 Å². The molecule has 0 aliphatic carbocycles. The molecule has 0 fully saturated rings. The maximum absolute atomic E-state index is 11.1. The Bertz CT molecular complexity index is 253. The number of carboxylic acids is 1. The summed E-state index contributed by atoms with van der Waals surface area (Å²) in [5.41, 5.74) is 0. The van der Waals surface area contributed by atoms with Crippen molar-refractivity contribution in [2.24, 2.45) is 0 Å². The molecule has 0 radical (unpaired) electrons. The van der Waals surface area contributed by atoms with E-state index in [1.165, 1.54) is 0 Å². The van der Waals surface area contributed by atoms with E-state index in [0.29, 0.717) is 6.54 Å². The highest BCUT2D eigenvalue weighted by Crippen LogP contribution is 1.89. The Balaban J connectivity index is 3.47. The zero-order valence-electron chi connectivity index (χ0n) is 9.27. The number of allylic oxidation sites excluding steroid dienone is 1. The lowest BCUT2D eigenvalue weighted by Crippen LogP contribution is -2.38. The first-order valence-corrected chi connectivity index (χ1v) is 5.11. The van der Waals surface area contributed by atoms with E-state index in [-0.39, 0.29) is 19.0 Å². The van der Waals surface area contributed by atoms with E-state index in [1.807, 2.05) is 19.1 Å². The van der Waals surface area contributed by atoms with Crippen LogP contribution in [0.1, 0.15) is 19.8 Å². The fraction of sp³-hybridized carbons (Fsp3) is 0.600. The molecule has 0 aromatic heterocycles. The van der Waals surface area contributed by atoms with Crippen molar-refractivity contribution in [3.8, 4) is 0 Å². The lowest BCUT2D eigenvalue weighted by molar-refractivity contribution is -0.146. The SMILES string of the molecule is C/C=C/CCNC(=O)NCCC(O)C(=O)O. The van der Waals surface area contributed by atoms with Crippen LogP contribution in [0.5, 0.6) is 0 Å². The molecule has 0 saturated carbocycles. The highest BCUT2D eigenvalue weighted by molar-refractivity contribution is 5.74. The number of aliphatic hydroxyl groups excluding tert-OH is 1. The summed E-state index contributed by atoms with van der Waals surface area (Å²) in [6, 6.07) is -0.359. The van der Waals surface area contributed by atoms with E-state index in [9.17, 15) is 9.59 Å². The van der Waals surface area contributed by atoms with Gasteiger partial charge in [-0.25, -0.2) is 9.59 Å². The van der Waals surface area contributed by atoms with E-state index in [1.54, 1.807) is 0 Å². The van der Waals surface area contributed by atoms with Gasteiger partial charge in [-0.05, 0) is 13.3 Å². The molecule has 2 amide bonds. The molecule has 0 bridgehead atoms. The third-order valence-corrected chi connectivity index (χ3v) is 1.82. The zero-order valence-corrected chi connectivity index (χ0v) is 9.27. The predicted octanol–water partition coefficient (Wildman–Crippen LogP) is 0.0874. The van der Waals surface area contributed by atoms with Crippen molar-refractivity contribution < 1.29 is 19.8 Å². The van der Waals surface area contributed by atoms with Crippen LogP contribution < -0.4 is 10.6 Å². The predicted molar refractivity (Wildman–Crippen MR) is 59.1 cm³/mol. The zero-order chi connectivity index (χ0) is 12.4. The average molecular weight is 230 g/mol. The van der Waals surface area contributed by atoms with Gasteiger partial charge in [0.05, 0.1) is 0 Å². The molecule has 6 heteroatoms.